The zero-order valence-electron chi connectivity index (χ0n) is 17.8. The van der Waals surface area contributed by atoms with Crippen LogP contribution in [0.2, 0.25) is 0 Å². The summed E-state index contributed by atoms with van der Waals surface area (Å²) in [4.78, 5) is 34.8. The molecule has 0 atom stereocenters. The molecule has 0 radical (unpaired) electrons. The second kappa shape index (κ2) is 12.0. The lowest BCUT2D eigenvalue weighted by Crippen LogP contribution is -2.54. The Hall–Kier alpha value is -2.04. The Morgan fingerprint density at radius 1 is 1.00 bits per heavy atom. The maximum atomic E-state index is 12.7. The second-order valence-electron chi connectivity index (χ2n) is 7.18. The fourth-order valence-corrected chi connectivity index (χ4v) is 3.69. The lowest BCUT2D eigenvalue weighted by Gasteiger charge is -2.36. The van der Waals surface area contributed by atoms with Gasteiger partial charge in [-0.2, -0.15) is 0 Å². The van der Waals surface area contributed by atoms with Gasteiger partial charge < -0.3 is 24.8 Å². The molecule has 0 saturated carbocycles. The Labute approximate surface area is 195 Å². The van der Waals surface area contributed by atoms with Crippen LogP contribution < -0.4 is 5.32 Å². The van der Waals surface area contributed by atoms with Crippen LogP contribution in [0.4, 0.5) is 4.79 Å². The quantitative estimate of drug-likeness (QED) is 0.367. The number of carbonyl (C=O) groups is 2. The van der Waals surface area contributed by atoms with E-state index >= 15 is 0 Å². The first-order valence-corrected chi connectivity index (χ1v) is 10.4. The summed E-state index contributed by atoms with van der Waals surface area (Å²) in [5.41, 5.74) is 2.55. The number of aliphatic imine (C=N–C) groups is 1. The van der Waals surface area contributed by atoms with Crippen molar-refractivity contribution in [3.05, 3.63) is 35.4 Å². The summed E-state index contributed by atoms with van der Waals surface area (Å²) in [6, 6.07) is 8.29. The maximum absolute atomic E-state index is 12.7. The monoisotopic (exact) mass is 529 g/mol. The molecule has 1 N–H and O–H groups in total. The molecule has 2 amide bonds. The average Bonchev–Trinajstić information content (AvgIpc) is 2.76. The Morgan fingerprint density at radius 2 is 1.67 bits per heavy atom. The molecule has 0 unspecified atom stereocenters. The third-order valence-electron chi connectivity index (χ3n) is 5.29. The zero-order chi connectivity index (χ0) is 20.6. The molecule has 9 heteroatoms. The highest BCUT2D eigenvalue weighted by atomic mass is 127. The van der Waals surface area contributed by atoms with Gasteiger partial charge in [0.1, 0.15) is 6.54 Å². The van der Waals surface area contributed by atoms with Crippen molar-refractivity contribution in [1.29, 1.82) is 0 Å². The van der Waals surface area contributed by atoms with Crippen LogP contribution in [0.5, 0.6) is 0 Å². The molecule has 0 bridgehead atoms. The Kier molecular flexibility index (Phi) is 9.67. The molecule has 0 aromatic heterocycles. The highest BCUT2D eigenvalue weighted by molar-refractivity contribution is 14.0. The fourth-order valence-electron chi connectivity index (χ4n) is 3.69. The van der Waals surface area contributed by atoms with E-state index in [1.165, 1.54) is 11.1 Å². The van der Waals surface area contributed by atoms with Crippen molar-refractivity contribution >= 4 is 41.9 Å². The van der Waals surface area contributed by atoms with Gasteiger partial charge in [0, 0.05) is 45.8 Å². The van der Waals surface area contributed by atoms with Crippen LogP contribution in [0.3, 0.4) is 0 Å². The largest absolute Gasteiger partial charge is 0.450 e. The van der Waals surface area contributed by atoms with Crippen molar-refractivity contribution in [3.63, 3.8) is 0 Å². The topological polar surface area (TPSA) is 77.5 Å². The first kappa shape index (κ1) is 24.2. The number of fused-ring (bicyclic) bond motifs is 1. The highest BCUT2D eigenvalue weighted by Crippen LogP contribution is 2.18. The lowest BCUT2D eigenvalue weighted by molar-refractivity contribution is -0.130. The molecular formula is C21H32IN5O3. The summed E-state index contributed by atoms with van der Waals surface area (Å²) < 4.78 is 5.07. The number of guanidine groups is 1. The van der Waals surface area contributed by atoms with E-state index in [-0.39, 0.29) is 42.5 Å². The van der Waals surface area contributed by atoms with Gasteiger partial charge in [0.15, 0.2) is 5.96 Å². The van der Waals surface area contributed by atoms with Crippen LogP contribution >= 0.6 is 24.0 Å². The van der Waals surface area contributed by atoms with Crippen LogP contribution in [0.15, 0.2) is 29.3 Å². The van der Waals surface area contributed by atoms with Crippen molar-refractivity contribution in [2.45, 2.75) is 26.8 Å². The number of piperazine rings is 1. The number of hydrogen-bond donors (Lipinski definition) is 1. The molecule has 30 heavy (non-hydrogen) atoms. The average molecular weight is 529 g/mol. The van der Waals surface area contributed by atoms with Crippen molar-refractivity contribution in [2.24, 2.45) is 4.99 Å². The van der Waals surface area contributed by atoms with E-state index < -0.39 is 0 Å². The molecule has 2 aliphatic heterocycles. The molecule has 2 heterocycles. The van der Waals surface area contributed by atoms with Crippen LogP contribution in [0.25, 0.3) is 0 Å². The minimum Gasteiger partial charge on any atom is -0.450 e. The summed E-state index contributed by atoms with van der Waals surface area (Å²) in [6.07, 6.45) is 0.622. The fraction of sp³-hybridized carbons (Fsp3) is 0.571. The molecule has 1 saturated heterocycles. The van der Waals surface area contributed by atoms with E-state index in [2.05, 4.69) is 27.3 Å². The van der Waals surface area contributed by atoms with Gasteiger partial charge in [-0.15, -0.1) is 24.0 Å². The summed E-state index contributed by atoms with van der Waals surface area (Å²) >= 11 is 0. The standard InChI is InChI=1S/C21H31N5O3.HI/c1-3-22-20(24-11-13-25(14-12-24)21(28)29-4-2)23-15-19(27)26-10-9-17-7-5-6-8-18(17)16-26;/h5-8H,3-4,9-16H2,1-2H3,(H,22,23);1H. The lowest BCUT2D eigenvalue weighted by atomic mass is 10.00. The number of nitrogens with one attached hydrogen (secondary N) is 1. The van der Waals surface area contributed by atoms with Gasteiger partial charge in [-0.25, -0.2) is 9.79 Å². The molecular weight excluding hydrogens is 497 g/mol. The molecule has 8 nitrogen and oxygen atoms in total. The Bertz CT molecular complexity index is 750. The molecule has 1 fully saturated rings. The predicted molar refractivity (Wildman–Crippen MR) is 127 cm³/mol. The van der Waals surface area contributed by atoms with Crippen LogP contribution in [0, 0.1) is 0 Å². The molecule has 2 aliphatic rings. The summed E-state index contributed by atoms with van der Waals surface area (Å²) in [6.45, 7) is 8.93. The van der Waals surface area contributed by atoms with Crippen LogP contribution in [-0.4, -0.2) is 85.1 Å². The SMILES string of the molecule is CCNC(=NCC(=O)N1CCc2ccccc2C1)N1CCN(C(=O)OCC)CC1.I. The predicted octanol–water partition coefficient (Wildman–Crippen LogP) is 1.93. The van der Waals surface area contributed by atoms with E-state index in [1.807, 2.05) is 30.9 Å². The number of halogens is 1. The second-order valence-corrected chi connectivity index (χ2v) is 7.18. The third kappa shape index (κ3) is 6.23. The van der Waals surface area contributed by atoms with E-state index in [0.29, 0.717) is 39.3 Å². The molecule has 166 valence electrons. The summed E-state index contributed by atoms with van der Waals surface area (Å²) in [7, 11) is 0. The van der Waals surface area contributed by atoms with Gasteiger partial charge in [-0.1, -0.05) is 24.3 Å². The highest BCUT2D eigenvalue weighted by Gasteiger charge is 2.24. The number of hydrogen-bond acceptors (Lipinski definition) is 4. The Balaban J connectivity index is 0.00000320. The van der Waals surface area contributed by atoms with E-state index in [4.69, 9.17) is 4.74 Å². The van der Waals surface area contributed by atoms with Crippen molar-refractivity contribution in [3.8, 4) is 0 Å². The van der Waals surface area contributed by atoms with Crippen molar-refractivity contribution in [2.75, 3.05) is 52.4 Å². The molecule has 1 aromatic carbocycles. The van der Waals surface area contributed by atoms with Crippen LogP contribution in [0.1, 0.15) is 25.0 Å². The smallest absolute Gasteiger partial charge is 0.409 e. The zero-order valence-corrected chi connectivity index (χ0v) is 20.1. The van der Waals surface area contributed by atoms with Crippen molar-refractivity contribution < 1.29 is 14.3 Å². The van der Waals surface area contributed by atoms with Crippen LogP contribution in [-0.2, 0) is 22.5 Å². The van der Waals surface area contributed by atoms with Gasteiger partial charge in [0.2, 0.25) is 5.91 Å². The number of carbonyl (C=O) groups excluding carboxylic acids is 2. The number of ether oxygens (including phenoxy) is 1. The first-order valence-electron chi connectivity index (χ1n) is 10.4. The molecule has 0 aliphatic carbocycles. The normalized spacial score (nSPS) is 16.5. The maximum Gasteiger partial charge on any atom is 0.409 e. The summed E-state index contributed by atoms with van der Waals surface area (Å²) in [5, 5.41) is 3.27. The van der Waals surface area contributed by atoms with E-state index in [0.717, 1.165) is 25.5 Å². The molecule has 3 rings (SSSR count). The number of nitrogens with zero attached hydrogens (tertiary/aromatic N) is 4. The number of benzene rings is 1. The summed E-state index contributed by atoms with van der Waals surface area (Å²) in [5.74, 6) is 0.766. The molecule has 0 spiro atoms. The van der Waals surface area contributed by atoms with Gasteiger partial charge in [-0.3, -0.25) is 4.79 Å². The minimum absolute atomic E-state index is 0. The minimum atomic E-state index is -0.269. The number of amides is 2. The van der Waals surface area contributed by atoms with Gasteiger partial charge in [-0.05, 0) is 31.4 Å². The Morgan fingerprint density at radius 3 is 2.33 bits per heavy atom. The van der Waals surface area contributed by atoms with Gasteiger partial charge in [0.05, 0.1) is 6.61 Å². The van der Waals surface area contributed by atoms with Gasteiger partial charge >= 0.3 is 6.09 Å². The van der Waals surface area contributed by atoms with Gasteiger partial charge in [0.25, 0.3) is 0 Å². The van der Waals surface area contributed by atoms with E-state index in [9.17, 15) is 9.59 Å². The van der Waals surface area contributed by atoms with E-state index in [1.54, 1.807) is 4.90 Å². The first-order chi connectivity index (χ1) is 14.1. The third-order valence-corrected chi connectivity index (χ3v) is 5.29. The number of rotatable bonds is 4. The molecule has 1 aromatic rings. The van der Waals surface area contributed by atoms with Crippen molar-refractivity contribution in [1.82, 2.24) is 20.0 Å².